The molecule has 1 atom stereocenters. The van der Waals surface area contributed by atoms with E-state index in [4.69, 9.17) is 0 Å². The number of H-pyrrole nitrogens is 1. The van der Waals surface area contributed by atoms with E-state index in [1.54, 1.807) is 0 Å². The van der Waals surface area contributed by atoms with E-state index in [-0.39, 0.29) is 0 Å². The normalized spacial score (nSPS) is 13.5. The van der Waals surface area contributed by atoms with Gasteiger partial charge in [-0.1, -0.05) is 32.0 Å². The molecule has 0 amide bonds. The van der Waals surface area contributed by atoms with E-state index >= 15 is 0 Å². The van der Waals surface area contributed by atoms with E-state index in [1.165, 1.54) is 16.5 Å². The van der Waals surface area contributed by atoms with Crippen LogP contribution >= 0.6 is 0 Å². The lowest BCUT2D eigenvalue weighted by molar-refractivity contribution is 0.427. The Morgan fingerprint density at radius 1 is 1.19 bits per heavy atom. The maximum absolute atomic E-state index is 3.56. The molecule has 2 aromatic rings. The molecule has 16 heavy (non-hydrogen) atoms. The van der Waals surface area contributed by atoms with Crippen LogP contribution in [0.25, 0.3) is 10.9 Å². The fraction of sp³-hybridized carbons (Fsp3) is 0.429. The number of hydrogen-bond acceptors (Lipinski definition) is 1. The molecule has 0 aliphatic heterocycles. The van der Waals surface area contributed by atoms with Gasteiger partial charge in [0, 0.05) is 24.3 Å². The summed E-state index contributed by atoms with van der Waals surface area (Å²) in [5, 5.41) is 4.85. The first-order valence-electron chi connectivity index (χ1n) is 5.97. The second-order valence-corrected chi connectivity index (χ2v) is 4.77. The van der Waals surface area contributed by atoms with E-state index < -0.39 is 0 Å². The van der Waals surface area contributed by atoms with Crippen molar-refractivity contribution < 1.29 is 0 Å². The Hall–Kier alpha value is -1.28. The number of fused-ring (bicyclic) bond motifs is 1. The van der Waals surface area contributed by atoms with Crippen molar-refractivity contribution in [1.29, 1.82) is 0 Å². The number of aromatic amines is 1. The van der Waals surface area contributed by atoms with E-state index in [9.17, 15) is 0 Å². The van der Waals surface area contributed by atoms with Crippen LogP contribution in [0.15, 0.2) is 30.5 Å². The highest BCUT2D eigenvalue weighted by Crippen LogP contribution is 2.17. The number of aromatic nitrogens is 1. The molecule has 1 aromatic heterocycles. The molecule has 0 saturated heterocycles. The minimum atomic E-state index is 0.546. The number of hydrogen-bond donors (Lipinski definition) is 2. The molecule has 0 radical (unpaired) electrons. The zero-order chi connectivity index (χ0) is 11.5. The Morgan fingerprint density at radius 2 is 2.00 bits per heavy atom. The SMILES string of the molecule is CC(C)C(C)NCc1cccc2cc[nH]c12. The Labute approximate surface area is 97.1 Å². The predicted octanol–water partition coefficient (Wildman–Crippen LogP) is 3.30. The van der Waals surface area contributed by atoms with Crippen LogP contribution in [-0.4, -0.2) is 11.0 Å². The highest BCUT2D eigenvalue weighted by molar-refractivity contribution is 5.82. The quantitative estimate of drug-likeness (QED) is 0.806. The summed E-state index contributed by atoms with van der Waals surface area (Å²) in [4.78, 5) is 3.30. The highest BCUT2D eigenvalue weighted by atomic mass is 14.9. The van der Waals surface area contributed by atoms with Crippen molar-refractivity contribution >= 4 is 10.9 Å². The summed E-state index contributed by atoms with van der Waals surface area (Å²) in [6.07, 6.45) is 2.00. The monoisotopic (exact) mass is 216 g/mol. The average molecular weight is 216 g/mol. The van der Waals surface area contributed by atoms with Gasteiger partial charge >= 0.3 is 0 Å². The lowest BCUT2D eigenvalue weighted by atomic mass is 10.1. The third-order valence-corrected chi connectivity index (χ3v) is 3.29. The van der Waals surface area contributed by atoms with Crippen molar-refractivity contribution in [3.05, 3.63) is 36.0 Å². The van der Waals surface area contributed by atoms with Crippen LogP contribution in [0, 0.1) is 5.92 Å². The molecule has 0 saturated carbocycles. The van der Waals surface area contributed by atoms with Gasteiger partial charge in [-0.05, 0) is 29.9 Å². The van der Waals surface area contributed by atoms with Gasteiger partial charge in [0.05, 0.1) is 0 Å². The van der Waals surface area contributed by atoms with E-state index in [0.29, 0.717) is 12.0 Å². The summed E-state index contributed by atoms with van der Waals surface area (Å²) in [6.45, 7) is 7.65. The van der Waals surface area contributed by atoms with Crippen LogP contribution in [0.1, 0.15) is 26.3 Å². The molecule has 2 N–H and O–H groups in total. The first-order chi connectivity index (χ1) is 7.68. The largest absolute Gasteiger partial charge is 0.361 e. The van der Waals surface area contributed by atoms with E-state index in [1.807, 2.05) is 6.20 Å². The number of nitrogens with one attached hydrogen (secondary N) is 2. The van der Waals surface area contributed by atoms with Crippen LogP contribution < -0.4 is 5.32 Å². The summed E-state index contributed by atoms with van der Waals surface area (Å²) >= 11 is 0. The van der Waals surface area contributed by atoms with Crippen molar-refractivity contribution in [2.45, 2.75) is 33.4 Å². The third kappa shape index (κ3) is 2.27. The van der Waals surface area contributed by atoms with Crippen molar-refractivity contribution in [2.24, 2.45) is 5.92 Å². The average Bonchev–Trinajstić information content (AvgIpc) is 2.73. The van der Waals surface area contributed by atoms with Gasteiger partial charge in [0.15, 0.2) is 0 Å². The first kappa shape index (κ1) is 11.2. The summed E-state index contributed by atoms with van der Waals surface area (Å²) in [5.74, 6) is 0.669. The Kier molecular flexibility index (Phi) is 3.30. The Balaban J connectivity index is 2.12. The van der Waals surface area contributed by atoms with Crippen LogP contribution in [0.2, 0.25) is 0 Å². The van der Waals surface area contributed by atoms with Crippen LogP contribution in [0.5, 0.6) is 0 Å². The fourth-order valence-electron chi connectivity index (χ4n) is 1.80. The minimum Gasteiger partial charge on any atom is -0.361 e. The van der Waals surface area contributed by atoms with Crippen molar-refractivity contribution in [3.63, 3.8) is 0 Å². The van der Waals surface area contributed by atoms with E-state index in [2.05, 4.69) is 55.3 Å². The smallest absolute Gasteiger partial charge is 0.0499 e. The molecule has 0 aliphatic carbocycles. The lowest BCUT2D eigenvalue weighted by Gasteiger charge is -2.17. The topological polar surface area (TPSA) is 27.8 Å². The second-order valence-electron chi connectivity index (χ2n) is 4.77. The summed E-state index contributed by atoms with van der Waals surface area (Å²) < 4.78 is 0. The maximum atomic E-state index is 3.56. The maximum Gasteiger partial charge on any atom is 0.0499 e. The molecule has 0 aliphatic rings. The number of benzene rings is 1. The molecule has 1 unspecified atom stereocenters. The lowest BCUT2D eigenvalue weighted by Crippen LogP contribution is -2.30. The minimum absolute atomic E-state index is 0.546. The van der Waals surface area contributed by atoms with Gasteiger partial charge in [0.25, 0.3) is 0 Å². The summed E-state index contributed by atoms with van der Waals surface area (Å²) in [5.41, 5.74) is 2.60. The van der Waals surface area contributed by atoms with E-state index in [0.717, 1.165) is 6.54 Å². The standard InChI is InChI=1S/C14H20N2/c1-10(2)11(3)16-9-13-6-4-5-12-7-8-15-14(12)13/h4-8,10-11,15-16H,9H2,1-3H3. The van der Waals surface area contributed by atoms with Gasteiger partial charge in [-0.2, -0.15) is 0 Å². The number of para-hydroxylation sites is 1. The Bertz CT molecular complexity index is 456. The van der Waals surface area contributed by atoms with Gasteiger partial charge in [0.2, 0.25) is 0 Å². The fourth-order valence-corrected chi connectivity index (χ4v) is 1.80. The molecule has 2 rings (SSSR count). The predicted molar refractivity (Wildman–Crippen MR) is 69.4 cm³/mol. The molecule has 86 valence electrons. The molecular weight excluding hydrogens is 196 g/mol. The number of rotatable bonds is 4. The van der Waals surface area contributed by atoms with Crippen molar-refractivity contribution in [2.75, 3.05) is 0 Å². The third-order valence-electron chi connectivity index (χ3n) is 3.29. The second kappa shape index (κ2) is 4.71. The Morgan fingerprint density at radius 3 is 2.75 bits per heavy atom. The van der Waals surface area contributed by atoms with Gasteiger partial charge in [0.1, 0.15) is 0 Å². The highest BCUT2D eigenvalue weighted by Gasteiger charge is 2.07. The van der Waals surface area contributed by atoms with Crippen molar-refractivity contribution in [3.8, 4) is 0 Å². The van der Waals surface area contributed by atoms with Crippen LogP contribution in [0.3, 0.4) is 0 Å². The molecule has 2 heteroatoms. The van der Waals surface area contributed by atoms with Crippen LogP contribution in [0.4, 0.5) is 0 Å². The molecule has 2 nitrogen and oxygen atoms in total. The zero-order valence-corrected chi connectivity index (χ0v) is 10.2. The molecular formula is C14H20N2. The van der Waals surface area contributed by atoms with Gasteiger partial charge in [-0.3, -0.25) is 0 Å². The van der Waals surface area contributed by atoms with Crippen LogP contribution in [-0.2, 0) is 6.54 Å². The van der Waals surface area contributed by atoms with Gasteiger partial charge in [-0.25, -0.2) is 0 Å². The molecule has 1 aromatic carbocycles. The molecule has 0 spiro atoms. The summed E-state index contributed by atoms with van der Waals surface area (Å²) in [6, 6.07) is 9.10. The summed E-state index contributed by atoms with van der Waals surface area (Å²) in [7, 11) is 0. The van der Waals surface area contributed by atoms with Crippen molar-refractivity contribution in [1.82, 2.24) is 10.3 Å². The zero-order valence-electron chi connectivity index (χ0n) is 10.2. The van der Waals surface area contributed by atoms with Gasteiger partial charge < -0.3 is 10.3 Å². The van der Waals surface area contributed by atoms with Gasteiger partial charge in [-0.15, -0.1) is 0 Å². The first-order valence-corrected chi connectivity index (χ1v) is 5.97. The molecule has 0 bridgehead atoms. The molecule has 1 heterocycles. The molecule has 0 fully saturated rings.